The largest absolute Gasteiger partial charge is 0.353 e. The lowest BCUT2D eigenvalue weighted by molar-refractivity contribution is -0.119. The third kappa shape index (κ3) is 2.34. The van der Waals surface area contributed by atoms with E-state index in [1.54, 1.807) is 0 Å². The van der Waals surface area contributed by atoms with Crippen molar-refractivity contribution in [3.05, 3.63) is 35.9 Å². The maximum Gasteiger partial charge on any atom is 0.220 e. The highest BCUT2D eigenvalue weighted by molar-refractivity contribution is 5.78. The molecule has 74 valence electrons. The van der Waals surface area contributed by atoms with Crippen molar-refractivity contribution in [3.63, 3.8) is 0 Å². The SMILES string of the molecule is O=C1CC[C@@H](CCc2ccccc2)N1. The number of hydrogen-bond acceptors (Lipinski definition) is 1. The molecule has 0 aliphatic carbocycles. The van der Waals surface area contributed by atoms with Gasteiger partial charge >= 0.3 is 0 Å². The molecule has 2 nitrogen and oxygen atoms in total. The molecule has 14 heavy (non-hydrogen) atoms. The summed E-state index contributed by atoms with van der Waals surface area (Å²) < 4.78 is 0. The smallest absolute Gasteiger partial charge is 0.220 e. The molecule has 1 saturated heterocycles. The molecule has 1 fully saturated rings. The second-order valence-electron chi connectivity index (χ2n) is 3.83. The first-order chi connectivity index (χ1) is 6.84. The Hall–Kier alpha value is -1.31. The zero-order chi connectivity index (χ0) is 9.80. The lowest BCUT2D eigenvalue weighted by atomic mass is 10.0. The van der Waals surface area contributed by atoms with Crippen molar-refractivity contribution in [2.45, 2.75) is 31.7 Å². The van der Waals surface area contributed by atoms with Crippen molar-refractivity contribution < 1.29 is 4.79 Å². The molecule has 1 aromatic rings. The molecule has 0 radical (unpaired) electrons. The molecule has 0 bridgehead atoms. The van der Waals surface area contributed by atoms with E-state index in [9.17, 15) is 4.79 Å². The summed E-state index contributed by atoms with van der Waals surface area (Å²) in [4.78, 5) is 11.0. The topological polar surface area (TPSA) is 29.1 Å². The molecule has 1 N–H and O–H groups in total. The van der Waals surface area contributed by atoms with Crippen molar-refractivity contribution in [1.82, 2.24) is 5.32 Å². The maximum absolute atomic E-state index is 11.0. The van der Waals surface area contributed by atoms with E-state index in [4.69, 9.17) is 0 Å². The number of nitrogens with one attached hydrogen (secondary N) is 1. The highest BCUT2D eigenvalue weighted by atomic mass is 16.1. The summed E-state index contributed by atoms with van der Waals surface area (Å²) in [6.07, 6.45) is 3.84. The Kier molecular flexibility index (Phi) is 2.82. The highest BCUT2D eigenvalue weighted by Crippen LogP contribution is 2.13. The normalized spacial score (nSPS) is 20.9. The zero-order valence-corrected chi connectivity index (χ0v) is 8.20. The molecule has 2 heteroatoms. The van der Waals surface area contributed by atoms with Crippen LogP contribution in [0.25, 0.3) is 0 Å². The first-order valence-corrected chi connectivity index (χ1v) is 5.18. The number of amides is 1. The van der Waals surface area contributed by atoms with Crippen LogP contribution in [0.4, 0.5) is 0 Å². The number of benzene rings is 1. The predicted octanol–water partition coefficient (Wildman–Crippen LogP) is 1.90. The third-order valence-corrected chi connectivity index (χ3v) is 2.71. The molecule has 0 unspecified atom stereocenters. The number of hydrogen-bond donors (Lipinski definition) is 1. The van der Waals surface area contributed by atoms with Gasteiger partial charge in [0.15, 0.2) is 0 Å². The van der Waals surface area contributed by atoms with Gasteiger partial charge in [-0.05, 0) is 24.8 Å². The molecule has 1 aliphatic rings. The Labute approximate surface area is 84.3 Å². The minimum Gasteiger partial charge on any atom is -0.353 e. The van der Waals surface area contributed by atoms with Crippen molar-refractivity contribution in [2.24, 2.45) is 0 Å². The van der Waals surface area contributed by atoms with Crippen LogP contribution in [-0.4, -0.2) is 11.9 Å². The summed E-state index contributed by atoms with van der Waals surface area (Å²) >= 11 is 0. The molecule has 0 spiro atoms. The molecule has 2 rings (SSSR count). The van der Waals surface area contributed by atoms with Gasteiger partial charge in [0.2, 0.25) is 5.91 Å². The van der Waals surface area contributed by atoms with Crippen molar-refractivity contribution in [2.75, 3.05) is 0 Å². The fraction of sp³-hybridized carbons (Fsp3) is 0.417. The maximum atomic E-state index is 11.0. The van der Waals surface area contributed by atoms with Gasteiger partial charge in [-0.3, -0.25) is 4.79 Å². The highest BCUT2D eigenvalue weighted by Gasteiger charge is 2.19. The second-order valence-corrected chi connectivity index (χ2v) is 3.83. The molecule has 1 aromatic carbocycles. The molecular weight excluding hydrogens is 174 g/mol. The summed E-state index contributed by atoms with van der Waals surface area (Å²) in [5.41, 5.74) is 1.36. The lowest BCUT2D eigenvalue weighted by Crippen LogP contribution is -2.25. The van der Waals surface area contributed by atoms with Crippen molar-refractivity contribution in [3.8, 4) is 0 Å². The van der Waals surface area contributed by atoms with Crippen LogP contribution in [-0.2, 0) is 11.2 Å². The second kappa shape index (κ2) is 4.27. The molecule has 0 aromatic heterocycles. The lowest BCUT2D eigenvalue weighted by Gasteiger charge is -2.08. The Bertz CT molecular complexity index is 307. The van der Waals surface area contributed by atoms with Crippen LogP contribution in [0.5, 0.6) is 0 Å². The zero-order valence-electron chi connectivity index (χ0n) is 8.20. The van der Waals surface area contributed by atoms with Crippen LogP contribution in [0.2, 0.25) is 0 Å². The monoisotopic (exact) mass is 189 g/mol. The summed E-state index contributed by atoms with van der Waals surface area (Å²) in [5, 5.41) is 2.99. The van der Waals surface area contributed by atoms with E-state index in [0.29, 0.717) is 12.5 Å². The van der Waals surface area contributed by atoms with Crippen LogP contribution in [0.15, 0.2) is 30.3 Å². The quantitative estimate of drug-likeness (QED) is 0.773. The molecule has 0 saturated carbocycles. The van der Waals surface area contributed by atoms with Crippen molar-refractivity contribution in [1.29, 1.82) is 0 Å². The van der Waals surface area contributed by atoms with Gasteiger partial charge in [-0.15, -0.1) is 0 Å². The average molecular weight is 189 g/mol. The van der Waals surface area contributed by atoms with Gasteiger partial charge in [0.1, 0.15) is 0 Å². The van der Waals surface area contributed by atoms with Crippen molar-refractivity contribution >= 4 is 5.91 Å². The average Bonchev–Trinajstić information content (AvgIpc) is 2.63. The van der Waals surface area contributed by atoms with Crippen LogP contribution in [0.3, 0.4) is 0 Å². The summed E-state index contributed by atoms with van der Waals surface area (Å²) in [5.74, 6) is 0.211. The van der Waals surface area contributed by atoms with Gasteiger partial charge < -0.3 is 5.32 Å². The minimum absolute atomic E-state index is 0.211. The van der Waals surface area contributed by atoms with Gasteiger partial charge in [0.05, 0.1) is 0 Å². The van der Waals surface area contributed by atoms with E-state index in [0.717, 1.165) is 19.3 Å². The Morgan fingerprint density at radius 1 is 1.29 bits per heavy atom. The number of carbonyl (C=O) groups excluding carboxylic acids is 1. The van der Waals surface area contributed by atoms with E-state index < -0.39 is 0 Å². The van der Waals surface area contributed by atoms with E-state index in [2.05, 4.69) is 29.6 Å². The summed E-state index contributed by atoms with van der Waals surface area (Å²) in [6.45, 7) is 0. The summed E-state index contributed by atoms with van der Waals surface area (Å²) in [6, 6.07) is 10.8. The van der Waals surface area contributed by atoms with E-state index in [1.807, 2.05) is 6.07 Å². The van der Waals surface area contributed by atoms with Gasteiger partial charge in [0.25, 0.3) is 0 Å². The van der Waals surface area contributed by atoms with Crippen LogP contribution in [0, 0.1) is 0 Å². The van der Waals surface area contributed by atoms with Gasteiger partial charge in [-0.2, -0.15) is 0 Å². The van der Waals surface area contributed by atoms with Gasteiger partial charge in [-0.25, -0.2) is 0 Å². The van der Waals surface area contributed by atoms with Gasteiger partial charge in [0, 0.05) is 12.5 Å². The van der Waals surface area contributed by atoms with E-state index >= 15 is 0 Å². The number of aryl methyl sites for hydroxylation is 1. The molecule has 1 aliphatic heterocycles. The third-order valence-electron chi connectivity index (χ3n) is 2.71. The Morgan fingerprint density at radius 3 is 2.71 bits per heavy atom. The van der Waals surface area contributed by atoms with E-state index in [1.165, 1.54) is 5.56 Å². The Morgan fingerprint density at radius 2 is 2.07 bits per heavy atom. The molecule has 1 atom stereocenters. The first-order valence-electron chi connectivity index (χ1n) is 5.18. The molecular formula is C12H15NO. The van der Waals surface area contributed by atoms with Crippen LogP contribution in [0.1, 0.15) is 24.8 Å². The fourth-order valence-electron chi connectivity index (χ4n) is 1.88. The number of rotatable bonds is 3. The van der Waals surface area contributed by atoms with E-state index in [-0.39, 0.29) is 5.91 Å². The van der Waals surface area contributed by atoms with Crippen LogP contribution >= 0.6 is 0 Å². The predicted molar refractivity (Wildman–Crippen MR) is 55.9 cm³/mol. The molecule has 1 amide bonds. The first kappa shape index (κ1) is 9.25. The number of carbonyl (C=O) groups is 1. The Balaban J connectivity index is 1.80. The standard InChI is InChI=1S/C12H15NO/c14-12-9-8-11(13-12)7-6-10-4-2-1-3-5-10/h1-5,11H,6-9H2,(H,13,14)/t11-/m1/s1. The van der Waals surface area contributed by atoms with Gasteiger partial charge in [-0.1, -0.05) is 30.3 Å². The minimum atomic E-state index is 0.211. The fourth-order valence-corrected chi connectivity index (χ4v) is 1.88. The summed E-state index contributed by atoms with van der Waals surface area (Å²) in [7, 11) is 0. The van der Waals surface area contributed by atoms with Crippen LogP contribution < -0.4 is 5.32 Å². The molecule has 1 heterocycles.